The summed E-state index contributed by atoms with van der Waals surface area (Å²) in [5.41, 5.74) is 0. The number of hydrogen-bond donors (Lipinski definition) is 0. The van der Waals surface area contributed by atoms with Crippen molar-refractivity contribution in [2.24, 2.45) is 5.92 Å². The summed E-state index contributed by atoms with van der Waals surface area (Å²) in [6.07, 6.45) is -2.58. The minimum Gasteiger partial charge on any atom is -0.404 e. The molecule has 2 heterocycles. The van der Waals surface area contributed by atoms with Crippen molar-refractivity contribution in [3.05, 3.63) is 18.3 Å². The molecule has 0 bridgehead atoms. The van der Waals surface area contributed by atoms with Crippen molar-refractivity contribution < 1.29 is 22.6 Å². The van der Waals surface area contributed by atoms with Crippen molar-refractivity contribution in [3.8, 4) is 5.75 Å². The molecule has 0 aromatic carbocycles. The highest BCUT2D eigenvalue weighted by Crippen LogP contribution is 2.26. The largest absolute Gasteiger partial charge is 0.573 e. The Morgan fingerprint density at radius 3 is 2.80 bits per heavy atom. The van der Waals surface area contributed by atoms with Gasteiger partial charge < -0.3 is 14.4 Å². The van der Waals surface area contributed by atoms with Gasteiger partial charge in [0.15, 0.2) is 0 Å². The van der Waals surface area contributed by atoms with Gasteiger partial charge in [-0.3, -0.25) is 0 Å². The standard InChI is InChI=1S/C13H17F3N2O2/c1-2-19-9-10-5-6-18(8-10)12-4-3-11(7-17-12)20-13(14,15)16/h3-4,7,10H,2,5-6,8-9H2,1H3. The van der Waals surface area contributed by atoms with Gasteiger partial charge in [-0.15, -0.1) is 13.2 Å². The highest BCUT2D eigenvalue weighted by molar-refractivity contribution is 5.41. The number of halogens is 3. The lowest BCUT2D eigenvalue weighted by Crippen LogP contribution is -2.22. The molecular weight excluding hydrogens is 273 g/mol. The third kappa shape index (κ3) is 4.26. The molecule has 1 unspecified atom stereocenters. The Morgan fingerprint density at radius 2 is 2.20 bits per heavy atom. The van der Waals surface area contributed by atoms with Gasteiger partial charge in [-0.25, -0.2) is 4.98 Å². The fraction of sp³-hybridized carbons (Fsp3) is 0.615. The molecule has 20 heavy (non-hydrogen) atoms. The molecule has 7 heteroatoms. The molecule has 1 atom stereocenters. The zero-order chi connectivity index (χ0) is 14.6. The summed E-state index contributed by atoms with van der Waals surface area (Å²) in [6, 6.07) is 2.83. The van der Waals surface area contributed by atoms with Crippen molar-refractivity contribution in [2.75, 3.05) is 31.2 Å². The molecule has 0 saturated carbocycles. The minimum absolute atomic E-state index is 0.300. The number of ether oxygens (including phenoxy) is 2. The lowest BCUT2D eigenvalue weighted by Gasteiger charge is -2.18. The average molecular weight is 290 g/mol. The van der Waals surface area contributed by atoms with Gasteiger partial charge in [0, 0.05) is 25.6 Å². The Hall–Kier alpha value is -1.50. The van der Waals surface area contributed by atoms with E-state index < -0.39 is 6.36 Å². The Kier molecular flexibility index (Phi) is 4.69. The Balaban J connectivity index is 1.91. The van der Waals surface area contributed by atoms with Crippen LogP contribution < -0.4 is 9.64 Å². The molecule has 0 spiro atoms. The number of anilines is 1. The third-order valence-corrected chi connectivity index (χ3v) is 3.12. The predicted molar refractivity (Wildman–Crippen MR) is 67.7 cm³/mol. The molecule has 1 aromatic rings. The molecule has 4 nitrogen and oxygen atoms in total. The van der Waals surface area contributed by atoms with Crippen LogP contribution in [0.3, 0.4) is 0 Å². The van der Waals surface area contributed by atoms with Gasteiger partial charge in [0.1, 0.15) is 11.6 Å². The van der Waals surface area contributed by atoms with E-state index in [0.717, 1.165) is 25.7 Å². The number of pyridine rings is 1. The second-order valence-corrected chi connectivity index (χ2v) is 4.66. The Morgan fingerprint density at radius 1 is 1.40 bits per heavy atom. The lowest BCUT2D eigenvalue weighted by molar-refractivity contribution is -0.274. The zero-order valence-electron chi connectivity index (χ0n) is 11.2. The van der Waals surface area contributed by atoms with Gasteiger partial charge >= 0.3 is 6.36 Å². The molecule has 112 valence electrons. The van der Waals surface area contributed by atoms with E-state index >= 15 is 0 Å². The molecule has 1 aliphatic rings. The summed E-state index contributed by atoms with van der Waals surface area (Å²) in [5, 5.41) is 0. The molecule has 1 saturated heterocycles. The van der Waals surface area contributed by atoms with Gasteiger partial charge in [0.05, 0.1) is 12.8 Å². The summed E-state index contributed by atoms with van der Waals surface area (Å²) in [7, 11) is 0. The van der Waals surface area contributed by atoms with Gasteiger partial charge in [-0.1, -0.05) is 0 Å². The molecular formula is C13H17F3N2O2. The van der Waals surface area contributed by atoms with Gasteiger partial charge in [-0.2, -0.15) is 0 Å². The van der Waals surface area contributed by atoms with Crippen LogP contribution in [0.1, 0.15) is 13.3 Å². The highest BCUT2D eigenvalue weighted by atomic mass is 19.4. The van der Waals surface area contributed by atoms with Crippen molar-refractivity contribution in [1.29, 1.82) is 0 Å². The molecule has 0 N–H and O–H groups in total. The van der Waals surface area contributed by atoms with Gasteiger partial charge in [0.25, 0.3) is 0 Å². The van der Waals surface area contributed by atoms with Crippen molar-refractivity contribution in [3.63, 3.8) is 0 Å². The number of nitrogens with zero attached hydrogens (tertiary/aromatic N) is 2. The summed E-state index contributed by atoms with van der Waals surface area (Å²) in [4.78, 5) is 6.06. The first kappa shape index (κ1) is 14.9. The second kappa shape index (κ2) is 6.30. The maximum absolute atomic E-state index is 12.0. The molecule has 0 aliphatic carbocycles. The summed E-state index contributed by atoms with van der Waals surface area (Å²) < 4.78 is 45.3. The fourth-order valence-corrected chi connectivity index (χ4v) is 2.21. The quantitative estimate of drug-likeness (QED) is 0.835. The van der Waals surface area contributed by atoms with Crippen LogP contribution in [0, 0.1) is 5.92 Å². The van der Waals surface area contributed by atoms with Crippen molar-refractivity contribution in [2.45, 2.75) is 19.7 Å². The van der Waals surface area contributed by atoms with E-state index in [2.05, 4.69) is 9.72 Å². The first-order valence-corrected chi connectivity index (χ1v) is 6.52. The Bertz CT molecular complexity index is 423. The van der Waals surface area contributed by atoms with E-state index in [1.54, 1.807) is 6.07 Å². The van der Waals surface area contributed by atoms with E-state index in [1.165, 1.54) is 6.07 Å². The summed E-state index contributed by atoms with van der Waals surface area (Å²) >= 11 is 0. The van der Waals surface area contributed by atoms with Crippen LogP contribution >= 0.6 is 0 Å². The van der Waals surface area contributed by atoms with E-state index in [-0.39, 0.29) is 5.75 Å². The van der Waals surface area contributed by atoms with Crippen LogP contribution in [0.4, 0.5) is 19.0 Å². The van der Waals surface area contributed by atoms with Crippen LogP contribution in [-0.4, -0.2) is 37.6 Å². The number of rotatable bonds is 5. The molecule has 1 aromatic heterocycles. The maximum atomic E-state index is 12.0. The predicted octanol–water partition coefficient (Wildman–Crippen LogP) is 2.84. The second-order valence-electron chi connectivity index (χ2n) is 4.66. The molecule has 2 rings (SSSR count). The monoisotopic (exact) mass is 290 g/mol. The average Bonchev–Trinajstić information content (AvgIpc) is 2.84. The van der Waals surface area contributed by atoms with Crippen molar-refractivity contribution >= 4 is 5.82 Å². The van der Waals surface area contributed by atoms with Crippen LogP contribution in [0.25, 0.3) is 0 Å². The van der Waals surface area contributed by atoms with Crippen LogP contribution in [-0.2, 0) is 4.74 Å². The topological polar surface area (TPSA) is 34.6 Å². The minimum atomic E-state index is -4.68. The molecule has 1 fully saturated rings. The van der Waals surface area contributed by atoms with Crippen molar-refractivity contribution in [1.82, 2.24) is 4.98 Å². The van der Waals surface area contributed by atoms with Gasteiger partial charge in [-0.05, 0) is 25.5 Å². The van der Waals surface area contributed by atoms with E-state index in [0.29, 0.717) is 24.9 Å². The van der Waals surface area contributed by atoms with E-state index in [9.17, 15) is 13.2 Å². The first-order valence-electron chi connectivity index (χ1n) is 6.52. The first-order chi connectivity index (χ1) is 9.48. The fourth-order valence-electron chi connectivity index (χ4n) is 2.21. The lowest BCUT2D eigenvalue weighted by atomic mass is 10.1. The number of alkyl halides is 3. The zero-order valence-corrected chi connectivity index (χ0v) is 11.2. The molecule has 1 aliphatic heterocycles. The molecule has 0 amide bonds. The smallest absolute Gasteiger partial charge is 0.404 e. The van der Waals surface area contributed by atoms with Gasteiger partial charge in [0.2, 0.25) is 0 Å². The third-order valence-electron chi connectivity index (χ3n) is 3.12. The number of aromatic nitrogens is 1. The van der Waals surface area contributed by atoms with Crippen LogP contribution in [0.2, 0.25) is 0 Å². The summed E-state index contributed by atoms with van der Waals surface area (Å²) in [6.45, 7) is 5.00. The van der Waals surface area contributed by atoms with E-state index in [1.807, 2.05) is 11.8 Å². The summed E-state index contributed by atoms with van der Waals surface area (Å²) in [5.74, 6) is 0.813. The normalized spacial score (nSPS) is 19.4. The Labute approximate surface area is 115 Å². The van der Waals surface area contributed by atoms with E-state index in [4.69, 9.17) is 4.74 Å². The highest BCUT2D eigenvalue weighted by Gasteiger charge is 2.31. The molecule has 0 radical (unpaired) electrons. The van der Waals surface area contributed by atoms with Crippen LogP contribution in [0.15, 0.2) is 18.3 Å². The van der Waals surface area contributed by atoms with Crippen LogP contribution in [0.5, 0.6) is 5.75 Å². The number of hydrogen-bond acceptors (Lipinski definition) is 4. The SMILES string of the molecule is CCOCC1CCN(c2ccc(OC(F)(F)F)cn2)C1. The maximum Gasteiger partial charge on any atom is 0.573 e.